The first kappa shape index (κ1) is 18.0. The van der Waals surface area contributed by atoms with E-state index in [0.29, 0.717) is 37.7 Å². The van der Waals surface area contributed by atoms with Crippen molar-refractivity contribution in [2.75, 3.05) is 44.7 Å². The highest BCUT2D eigenvalue weighted by molar-refractivity contribution is 6.07. The monoisotopic (exact) mass is 378 g/mol. The van der Waals surface area contributed by atoms with Crippen LogP contribution in [-0.4, -0.2) is 76.3 Å². The summed E-state index contributed by atoms with van der Waals surface area (Å²) in [6.07, 6.45) is 5.13. The molecule has 3 aromatic rings. The number of amides is 2. The van der Waals surface area contributed by atoms with Gasteiger partial charge in [0, 0.05) is 62.7 Å². The number of hydrogen-bond donors (Lipinski definition) is 1. The van der Waals surface area contributed by atoms with E-state index in [1.807, 2.05) is 24.3 Å². The molecule has 0 aliphatic carbocycles. The molecule has 1 fully saturated rings. The van der Waals surface area contributed by atoms with Gasteiger partial charge in [0.25, 0.3) is 5.91 Å². The fraction of sp³-hybridized carbons (Fsp3) is 0.300. The number of rotatable bonds is 4. The Morgan fingerprint density at radius 3 is 2.54 bits per heavy atom. The molecule has 1 aliphatic heterocycles. The van der Waals surface area contributed by atoms with Crippen molar-refractivity contribution < 1.29 is 9.59 Å². The number of nitrogens with one attached hydrogen (secondary N) is 1. The van der Waals surface area contributed by atoms with Gasteiger partial charge >= 0.3 is 0 Å². The lowest BCUT2D eigenvalue weighted by Crippen LogP contribution is -2.51. The summed E-state index contributed by atoms with van der Waals surface area (Å²) in [5, 5.41) is 0.864. The van der Waals surface area contributed by atoms with Crippen LogP contribution in [0.15, 0.2) is 48.9 Å². The normalized spacial score (nSPS) is 14.3. The number of fused-ring (bicyclic) bond motifs is 1. The van der Waals surface area contributed by atoms with E-state index in [4.69, 9.17) is 0 Å². The van der Waals surface area contributed by atoms with Crippen LogP contribution in [0.4, 0.5) is 5.95 Å². The van der Waals surface area contributed by atoms with Crippen LogP contribution in [0.2, 0.25) is 0 Å². The number of anilines is 1. The second kappa shape index (κ2) is 7.67. The topological polar surface area (TPSA) is 85.4 Å². The van der Waals surface area contributed by atoms with Gasteiger partial charge in [0.1, 0.15) is 0 Å². The van der Waals surface area contributed by atoms with Crippen molar-refractivity contribution in [3.8, 4) is 0 Å². The highest BCUT2D eigenvalue weighted by Gasteiger charge is 2.25. The number of H-pyrrole nitrogens is 1. The van der Waals surface area contributed by atoms with E-state index < -0.39 is 0 Å². The Morgan fingerprint density at radius 2 is 1.79 bits per heavy atom. The number of benzene rings is 1. The fourth-order valence-corrected chi connectivity index (χ4v) is 3.44. The molecule has 0 bridgehead atoms. The molecule has 3 heterocycles. The molecule has 0 radical (unpaired) electrons. The van der Waals surface area contributed by atoms with E-state index in [9.17, 15) is 9.59 Å². The molecule has 0 spiro atoms. The summed E-state index contributed by atoms with van der Waals surface area (Å²) in [5.41, 5.74) is 1.49. The summed E-state index contributed by atoms with van der Waals surface area (Å²) in [5.74, 6) is 0.465. The molecule has 1 aliphatic rings. The number of likely N-dealkylation sites (N-methyl/N-ethyl adjacent to an activating group) is 1. The maximum atomic E-state index is 12.8. The molecule has 0 saturated carbocycles. The van der Waals surface area contributed by atoms with Gasteiger partial charge in [-0.3, -0.25) is 9.59 Å². The van der Waals surface area contributed by atoms with Crippen LogP contribution in [0, 0.1) is 0 Å². The van der Waals surface area contributed by atoms with Crippen LogP contribution in [-0.2, 0) is 4.79 Å². The molecule has 1 saturated heterocycles. The Hall–Kier alpha value is -3.42. The lowest BCUT2D eigenvalue weighted by molar-refractivity contribution is -0.131. The van der Waals surface area contributed by atoms with Crippen molar-refractivity contribution in [2.45, 2.75) is 0 Å². The van der Waals surface area contributed by atoms with Gasteiger partial charge in [0.05, 0.1) is 12.1 Å². The summed E-state index contributed by atoms with van der Waals surface area (Å²) in [7, 11) is 1.66. The van der Waals surface area contributed by atoms with Crippen LogP contribution in [0.25, 0.3) is 10.9 Å². The van der Waals surface area contributed by atoms with Crippen LogP contribution in [0.1, 0.15) is 10.4 Å². The first-order valence-corrected chi connectivity index (χ1v) is 9.25. The van der Waals surface area contributed by atoms with Gasteiger partial charge in [-0.15, -0.1) is 0 Å². The summed E-state index contributed by atoms with van der Waals surface area (Å²) < 4.78 is 0. The van der Waals surface area contributed by atoms with Crippen LogP contribution >= 0.6 is 0 Å². The highest BCUT2D eigenvalue weighted by Crippen LogP contribution is 2.19. The molecule has 4 rings (SSSR count). The van der Waals surface area contributed by atoms with Gasteiger partial charge in [-0.1, -0.05) is 18.2 Å². The number of carbonyl (C=O) groups excluding carboxylic acids is 2. The molecule has 1 aromatic carbocycles. The Labute approximate surface area is 162 Å². The second-order valence-corrected chi connectivity index (χ2v) is 6.83. The van der Waals surface area contributed by atoms with Crippen LogP contribution in [0.3, 0.4) is 0 Å². The zero-order valence-corrected chi connectivity index (χ0v) is 15.7. The van der Waals surface area contributed by atoms with Crippen molar-refractivity contribution >= 4 is 28.7 Å². The maximum absolute atomic E-state index is 12.8. The zero-order valence-electron chi connectivity index (χ0n) is 15.7. The van der Waals surface area contributed by atoms with E-state index in [2.05, 4.69) is 19.9 Å². The lowest BCUT2D eigenvalue weighted by atomic mass is 10.1. The third-order valence-electron chi connectivity index (χ3n) is 5.01. The average Bonchev–Trinajstić information content (AvgIpc) is 3.18. The van der Waals surface area contributed by atoms with Gasteiger partial charge in [0.15, 0.2) is 0 Å². The number of hydrogen-bond acceptors (Lipinski definition) is 5. The van der Waals surface area contributed by atoms with E-state index >= 15 is 0 Å². The predicted octanol–water partition coefficient (Wildman–Crippen LogP) is 1.38. The first-order valence-electron chi connectivity index (χ1n) is 9.25. The second-order valence-electron chi connectivity index (χ2n) is 6.83. The minimum atomic E-state index is -0.165. The average molecular weight is 378 g/mol. The minimum Gasteiger partial charge on any atom is -0.360 e. The predicted molar refractivity (Wildman–Crippen MR) is 106 cm³/mol. The van der Waals surface area contributed by atoms with Crippen molar-refractivity contribution in [2.24, 2.45) is 0 Å². The number of aromatic amines is 1. The molecule has 8 nitrogen and oxygen atoms in total. The Kier molecular flexibility index (Phi) is 4.92. The molecule has 2 aromatic heterocycles. The van der Waals surface area contributed by atoms with Crippen molar-refractivity contribution in [3.05, 3.63) is 54.5 Å². The third-order valence-corrected chi connectivity index (χ3v) is 5.01. The molecule has 8 heteroatoms. The molecule has 0 atom stereocenters. The van der Waals surface area contributed by atoms with Crippen molar-refractivity contribution in [1.82, 2.24) is 24.8 Å². The van der Waals surface area contributed by atoms with Crippen LogP contribution in [0.5, 0.6) is 0 Å². The largest absolute Gasteiger partial charge is 0.360 e. The van der Waals surface area contributed by atoms with Gasteiger partial charge in [-0.25, -0.2) is 9.97 Å². The number of carbonyl (C=O) groups is 2. The standard InChI is InChI=1S/C20H22N6O2/c1-24(19(28)16-13-23-17-6-3-2-5-15(16)17)14-18(27)25-9-11-26(12-10-25)20-21-7-4-8-22-20/h2-8,13,23H,9-12,14H2,1H3. The number of para-hydroxylation sites is 1. The molecular weight excluding hydrogens is 356 g/mol. The number of nitrogens with zero attached hydrogens (tertiary/aromatic N) is 5. The lowest BCUT2D eigenvalue weighted by Gasteiger charge is -2.35. The molecule has 28 heavy (non-hydrogen) atoms. The Balaban J connectivity index is 1.35. The summed E-state index contributed by atoms with van der Waals surface area (Å²) in [4.78, 5) is 42.4. The Morgan fingerprint density at radius 1 is 1.07 bits per heavy atom. The minimum absolute atomic E-state index is 0.0516. The maximum Gasteiger partial charge on any atom is 0.256 e. The molecule has 2 amide bonds. The van der Waals surface area contributed by atoms with E-state index in [1.54, 1.807) is 36.6 Å². The van der Waals surface area contributed by atoms with E-state index in [0.717, 1.165) is 10.9 Å². The van der Waals surface area contributed by atoms with Gasteiger partial charge in [-0.2, -0.15) is 0 Å². The van der Waals surface area contributed by atoms with Gasteiger partial charge in [0.2, 0.25) is 11.9 Å². The van der Waals surface area contributed by atoms with Crippen LogP contribution < -0.4 is 4.90 Å². The number of piperazine rings is 1. The summed E-state index contributed by atoms with van der Waals surface area (Å²) >= 11 is 0. The molecular formula is C20H22N6O2. The van der Waals surface area contributed by atoms with E-state index in [-0.39, 0.29) is 18.4 Å². The quantitative estimate of drug-likeness (QED) is 0.741. The highest BCUT2D eigenvalue weighted by atomic mass is 16.2. The fourth-order valence-electron chi connectivity index (χ4n) is 3.44. The van der Waals surface area contributed by atoms with Crippen molar-refractivity contribution in [3.63, 3.8) is 0 Å². The zero-order chi connectivity index (χ0) is 19.5. The summed E-state index contributed by atoms with van der Waals surface area (Å²) in [6.45, 7) is 2.59. The van der Waals surface area contributed by atoms with Crippen molar-refractivity contribution in [1.29, 1.82) is 0 Å². The molecule has 1 N–H and O–H groups in total. The number of aromatic nitrogens is 3. The molecule has 0 unspecified atom stereocenters. The SMILES string of the molecule is CN(CC(=O)N1CCN(c2ncccn2)CC1)C(=O)c1c[nH]c2ccccc12. The molecule has 144 valence electrons. The van der Waals surface area contributed by atoms with E-state index in [1.165, 1.54) is 4.90 Å². The van der Waals surface area contributed by atoms with Gasteiger partial charge in [-0.05, 0) is 12.1 Å². The first-order chi connectivity index (χ1) is 13.6. The smallest absolute Gasteiger partial charge is 0.256 e. The van der Waals surface area contributed by atoms with Gasteiger partial charge < -0.3 is 19.7 Å². The summed E-state index contributed by atoms with van der Waals surface area (Å²) in [6, 6.07) is 9.42. The Bertz CT molecular complexity index is 979. The third kappa shape index (κ3) is 3.53.